The molecule has 1 heterocycles. The van der Waals surface area contributed by atoms with Crippen LogP contribution in [0.5, 0.6) is 0 Å². The van der Waals surface area contributed by atoms with Gasteiger partial charge < -0.3 is 9.84 Å². The number of hydrogen-bond acceptors (Lipinski definition) is 4. The number of likely N-dealkylation sites (N-methyl/N-ethyl adjacent to an activating group) is 1. The monoisotopic (exact) mass is 257 g/mol. The van der Waals surface area contributed by atoms with Gasteiger partial charge in [-0.3, -0.25) is 4.90 Å². The summed E-state index contributed by atoms with van der Waals surface area (Å²) >= 11 is 1.77. The number of nitrogens with zero attached hydrogens (tertiary/aromatic N) is 1. The molecule has 0 amide bonds. The molecule has 0 aliphatic carbocycles. The normalized spacial score (nSPS) is 13.6. The van der Waals surface area contributed by atoms with Crippen LogP contribution in [0.25, 0.3) is 0 Å². The van der Waals surface area contributed by atoms with Gasteiger partial charge in [-0.2, -0.15) is 0 Å². The molecule has 1 rings (SSSR count). The topological polar surface area (TPSA) is 32.7 Å². The predicted molar refractivity (Wildman–Crippen MR) is 72.5 cm³/mol. The second-order valence-corrected chi connectivity index (χ2v) is 5.76. The Morgan fingerprint density at radius 1 is 1.47 bits per heavy atom. The number of hydrogen-bond donors (Lipinski definition) is 1. The summed E-state index contributed by atoms with van der Waals surface area (Å²) in [5.74, 6) is 0. The van der Waals surface area contributed by atoms with Gasteiger partial charge in [-0.25, -0.2) is 0 Å². The number of ether oxygens (including phenoxy) is 1. The fourth-order valence-corrected chi connectivity index (χ4v) is 2.58. The number of aryl methyl sites for hydroxylation is 1. The van der Waals surface area contributed by atoms with Gasteiger partial charge in [0, 0.05) is 18.0 Å². The van der Waals surface area contributed by atoms with Crippen LogP contribution in [0.3, 0.4) is 0 Å². The van der Waals surface area contributed by atoms with Crippen LogP contribution in [-0.2, 0) is 11.3 Å². The molecule has 0 saturated heterocycles. The Morgan fingerprint density at radius 3 is 2.71 bits per heavy atom. The van der Waals surface area contributed by atoms with E-state index in [0.29, 0.717) is 13.2 Å². The molecule has 0 aromatic carbocycles. The molecule has 0 saturated carbocycles. The van der Waals surface area contributed by atoms with Crippen LogP contribution in [-0.4, -0.2) is 42.4 Å². The van der Waals surface area contributed by atoms with Crippen molar-refractivity contribution in [3.8, 4) is 0 Å². The van der Waals surface area contributed by atoms with Gasteiger partial charge in [0.05, 0.1) is 18.8 Å². The molecule has 0 bridgehead atoms. The lowest BCUT2D eigenvalue weighted by molar-refractivity contribution is -0.00627. The fraction of sp³-hybridized carbons (Fsp3) is 0.692. The maximum absolute atomic E-state index is 9.80. The SMILES string of the molecule is Cc1ccsc1CN(C)CC(O)COC(C)C. The van der Waals surface area contributed by atoms with Crippen molar-refractivity contribution in [3.05, 3.63) is 21.9 Å². The summed E-state index contributed by atoms with van der Waals surface area (Å²) in [5.41, 5.74) is 1.33. The van der Waals surface area contributed by atoms with Crippen LogP contribution in [0.4, 0.5) is 0 Å². The number of rotatable bonds is 7. The molecule has 3 nitrogen and oxygen atoms in total. The summed E-state index contributed by atoms with van der Waals surface area (Å²) in [6.07, 6.45) is -0.239. The van der Waals surface area contributed by atoms with E-state index in [1.54, 1.807) is 11.3 Å². The third-order valence-corrected chi connectivity index (χ3v) is 3.53. The summed E-state index contributed by atoms with van der Waals surface area (Å²) in [5, 5.41) is 11.9. The fourth-order valence-electron chi connectivity index (χ4n) is 1.59. The highest BCUT2D eigenvalue weighted by molar-refractivity contribution is 7.10. The molecule has 0 spiro atoms. The van der Waals surface area contributed by atoms with E-state index >= 15 is 0 Å². The molecular weight excluding hydrogens is 234 g/mol. The molecule has 98 valence electrons. The molecule has 0 aliphatic heterocycles. The third-order valence-electron chi connectivity index (χ3n) is 2.53. The van der Waals surface area contributed by atoms with E-state index in [1.807, 2.05) is 20.9 Å². The van der Waals surface area contributed by atoms with Gasteiger partial charge in [-0.1, -0.05) is 0 Å². The first-order valence-electron chi connectivity index (χ1n) is 6.00. The van der Waals surface area contributed by atoms with Crippen molar-refractivity contribution in [2.75, 3.05) is 20.2 Å². The maximum Gasteiger partial charge on any atom is 0.0900 e. The molecule has 0 aliphatic rings. The maximum atomic E-state index is 9.80. The summed E-state index contributed by atoms with van der Waals surface area (Å²) in [6, 6.07) is 2.13. The van der Waals surface area contributed by atoms with E-state index in [-0.39, 0.29) is 6.10 Å². The van der Waals surface area contributed by atoms with Crippen molar-refractivity contribution in [2.45, 2.75) is 39.5 Å². The van der Waals surface area contributed by atoms with Crippen LogP contribution in [0.2, 0.25) is 0 Å². The van der Waals surface area contributed by atoms with E-state index < -0.39 is 6.10 Å². The lowest BCUT2D eigenvalue weighted by Crippen LogP contribution is -2.32. The van der Waals surface area contributed by atoms with E-state index in [9.17, 15) is 5.11 Å². The molecular formula is C13H23NO2S. The molecule has 4 heteroatoms. The van der Waals surface area contributed by atoms with Gasteiger partial charge in [0.1, 0.15) is 0 Å². The summed E-state index contributed by atoms with van der Waals surface area (Å²) in [4.78, 5) is 3.50. The molecule has 17 heavy (non-hydrogen) atoms. The van der Waals surface area contributed by atoms with Crippen LogP contribution >= 0.6 is 11.3 Å². The van der Waals surface area contributed by atoms with Crippen molar-refractivity contribution in [1.82, 2.24) is 4.90 Å². The van der Waals surface area contributed by atoms with E-state index in [4.69, 9.17) is 4.74 Å². The Labute approximate surface area is 108 Å². The predicted octanol–water partition coefficient (Wildman–Crippen LogP) is 2.27. The lowest BCUT2D eigenvalue weighted by atomic mass is 10.2. The Kier molecular flexibility index (Phi) is 6.12. The summed E-state index contributed by atoms with van der Waals surface area (Å²) in [6.45, 7) is 8.02. The first-order valence-corrected chi connectivity index (χ1v) is 6.88. The smallest absolute Gasteiger partial charge is 0.0900 e. The van der Waals surface area contributed by atoms with Crippen molar-refractivity contribution in [2.24, 2.45) is 0 Å². The lowest BCUT2D eigenvalue weighted by Gasteiger charge is -2.21. The summed E-state index contributed by atoms with van der Waals surface area (Å²) in [7, 11) is 2.03. The number of aliphatic hydroxyl groups excluding tert-OH is 1. The standard InChI is InChI=1S/C13H23NO2S/c1-10(2)16-9-12(15)7-14(4)8-13-11(3)5-6-17-13/h5-6,10,12,15H,7-9H2,1-4H3. The minimum Gasteiger partial charge on any atom is -0.389 e. The van der Waals surface area contributed by atoms with Gasteiger partial charge in [0.2, 0.25) is 0 Å². The molecule has 1 atom stereocenters. The van der Waals surface area contributed by atoms with Crippen molar-refractivity contribution >= 4 is 11.3 Å². The highest BCUT2D eigenvalue weighted by Crippen LogP contribution is 2.17. The molecule has 1 aromatic rings. The largest absolute Gasteiger partial charge is 0.389 e. The quantitative estimate of drug-likeness (QED) is 0.813. The van der Waals surface area contributed by atoms with Crippen LogP contribution in [0.1, 0.15) is 24.3 Å². The molecule has 1 N–H and O–H groups in total. The van der Waals surface area contributed by atoms with Crippen molar-refractivity contribution < 1.29 is 9.84 Å². The van der Waals surface area contributed by atoms with Gasteiger partial charge >= 0.3 is 0 Å². The minimum atomic E-state index is -0.414. The summed E-state index contributed by atoms with van der Waals surface area (Å²) < 4.78 is 5.39. The number of thiophene rings is 1. The first kappa shape index (κ1) is 14.6. The second kappa shape index (κ2) is 7.11. The Morgan fingerprint density at radius 2 is 2.18 bits per heavy atom. The Hall–Kier alpha value is -0.420. The third kappa shape index (κ3) is 5.64. The minimum absolute atomic E-state index is 0.175. The Bertz CT molecular complexity index is 325. The zero-order valence-electron chi connectivity index (χ0n) is 11.1. The Balaban J connectivity index is 2.29. The average molecular weight is 257 g/mol. The first-order chi connectivity index (χ1) is 7.99. The van der Waals surface area contributed by atoms with Crippen LogP contribution in [0, 0.1) is 6.92 Å². The van der Waals surface area contributed by atoms with Gasteiger partial charge in [0.15, 0.2) is 0 Å². The molecule has 1 unspecified atom stereocenters. The van der Waals surface area contributed by atoms with Gasteiger partial charge in [-0.15, -0.1) is 11.3 Å². The number of aliphatic hydroxyl groups is 1. The van der Waals surface area contributed by atoms with E-state index in [1.165, 1.54) is 10.4 Å². The van der Waals surface area contributed by atoms with Gasteiger partial charge in [0.25, 0.3) is 0 Å². The zero-order chi connectivity index (χ0) is 12.8. The zero-order valence-corrected chi connectivity index (χ0v) is 12.0. The highest BCUT2D eigenvalue weighted by Gasteiger charge is 2.11. The van der Waals surface area contributed by atoms with E-state index in [2.05, 4.69) is 23.3 Å². The molecule has 0 radical (unpaired) electrons. The second-order valence-electron chi connectivity index (χ2n) is 4.76. The average Bonchev–Trinajstić information content (AvgIpc) is 2.61. The van der Waals surface area contributed by atoms with Crippen molar-refractivity contribution in [1.29, 1.82) is 0 Å². The van der Waals surface area contributed by atoms with E-state index in [0.717, 1.165) is 6.54 Å². The van der Waals surface area contributed by atoms with Crippen LogP contribution in [0.15, 0.2) is 11.4 Å². The van der Waals surface area contributed by atoms with Crippen molar-refractivity contribution in [3.63, 3.8) is 0 Å². The van der Waals surface area contributed by atoms with Crippen LogP contribution < -0.4 is 0 Å². The highest BCUT2D eigenvalue weighted by atomic mass is 32.1. The molecule has 1 aromatic heterocycles. The molecule has 0 fully saturated rings. The van der Waals surface area contributed by atoms with Gasteiger partial charge in [-0.05, 0) is 44.8 Å².